The van der Waals surface area contributed by atoms with E-state index in [1.807, 2.05) is 0 Å². The molecule has 1 rings (SSSR count). The van der Waals surface area contributed by atoms with Crippen molar-refractivity contribution in [1.82, 2.24) is 5.16 Å². The van der Waals surface area contributed by atoms with Crippen molar-refractivity contribution < 1.29 is 9.32 Å². The maximum Gasteiger partial charge on any atom is 0.166 e. The Bertz CT molecular complexity index is 247. The summed E-state index contributed by atoms with van der Waals surface area (Å²) in [6.07, 6.45) is 0. The summed E-state index contributed by atoms with van der Waals surface area (Å²) in [5.74, 6) is 0.519. The first-order chi connectivity index (χ1) is 4.63. The van der Waals surface area contributed by atoms with E-state index in [1.165, 1.54) is 6.92 Å². The smallest absolute Gasteiger partial charge is 0.166 e. The molecule has 1 aromatic heterocycles. The Labute approximate surface area is 66.5 Å². The third-order valence-corrected chi connectivity index (χ3v) is 1.71. The number of Topliss-reactive ketones (excluding diaryl/α,β-unsaturated/α-hetero) is 1. The molecule has 0 saturated carbocycles. The molecular formula is C6H6BrNO2. The third-order valence-electron chi connectivity index (χ3n) is 1.17. The number of carbonyl (C=O) groups is 1. The summed E-state index contributed by atoms with van der Waals surface area (Å²) >= 11 is 3.09. The molecule has 0 N–H and O–H groups in total. The van der Waals surface area contributed by atoms with Gasteiger partial charge in [0.1, 0.15) is 5.76 Å². The minimum atomic E-state index is -0.0365. The highest BCUT2D eigenvalue weighted by Crippen LogP contribution is 2.18. The maximum absolute atomic E-state index is 10.8. The standard InChI is InChI=1S/C6H6BrNO2/c1-3(9)5-4(2)10-8-6(5)7/h1-2H3. The lowest BCUT2D eigenvalue weighted by atomic mass is 10.2. The van der Waals surface area contributed by atoms with Gasteiger partial charge in [-0.2, -0.15) is 0 Å². The molecule has 0 amide bonds. The Morgan fingerprint density at radius 3 is 2.50 bits per heavy atom. The fraction of sp³-hybridized carbons (Fsp3) is 0.333. The number of nitrogens with zero attached hydrogens (tertiary/aromatic N) is 1. The lowest BCUT2D eigenvalue weighted by Crippen LogP contribution is -1.92. The number of hydrogen-bond donors (Lipinski definition) is 0. The summed E-state index contributed by atoms with van der Waals surface area (Å²) in [7, 11) is 0. The Kier molecular flexibility index (Phi) is 1.89. The largest absolute Gasteiger partial charge is 0.360 e. The van der Waals surface area contributed by atoms with Gasteiger partial charge in [0.15, 0.2) is 10.4 Å². The van der Waals surface area contributed by atoms with E-state index in [-0.39, 0.29) is 5.78 Å². The first-order valence-electron chi connectivity index (χ1n) is 2.75. The Hall–Kier alpha value is -0.640. The summed E-state index contributed by atoms with van der Waals surface area (Å²) in [5, 5.41) is 3.56. The van der Waals surface area contributed by atoms with Gasteiger partial charge in [0.25, 0.3) is 0 Å². The van der Waals surface area contributed by atoms with Crippen LogP contribution in [0.1, 0.15) is 23.0 Å². The average molecular weight is 204 g/mol. The van der Waals surface area contributed by atoms with E-state index in [4.69, 9.17) is 4.52 Å². The lowest BCUT2D eigenvalue weighted by molar-refractivity contribution is 0.101. The molecule has 0 aliphatic rings. The Morgan fingerprint density at radius 2 is 2.30 bits per heavy atom. The van der Waals surface area contributed by atoms with Gasteiger partial charge in [0.2, 0.25) is 0 Å². The minimum Gasteiger partial charge on any atom is -0.360 e. The molecule has 0 bridgehead atoms. The van der Waals surface area contributed by atoms with E-state index in [0.717, 1.165) is 0 Å². The summed E-state index contributed by atoms with van der Waals surface area (Å²) in [6.45, 7) is 3.18. The summed E-state index contributed by atoms with van der Waals surface area (Å²) < 4.78 is 5.22. The van der Waals surface area contributed by atoms with Gasteiger partial charge in [0, 0.05) is 0 Å². The van der Waals surface area contributed by atoms with Gasteiger partial charge in [-0.05, 0) is 29.8 Å². The van der Waals surface area contributed by atoms with Crippen molar-refractivity contribution in [2.75, 3.05) is 0 Å². The molecule has 0 fully saturated rings. The van der Waals surface area contributed by atoms with Crippen LogP contribution in [0.25, 0.3) is 0 Å². The van der Waals surface area contributed by atoms with Crippen LogP contribution in [0.4, 0.5) is 0 Å². The molecular weight excluding hydrogens is 198 g/mol. The molecule has 4 heteroatoms. The van der Waals surface area contributed by atoms with Crippen LogP contribution >= 0.6 is 15.9 Å². The van der Waals surface area contributed by atoms with Crippen LogP contribution in [0.15, 0.2) is 9.13 Å². The van der Waals surface area contributed by atoms with E-state index in [1.54, 1.807) is 6.92 Å². The van der Waals surface area contributed by atoms with Crippen molar-refractivity contribution in [3.63, 3.8) is 0 Å². The van der Waals surface area contributed by atoms with Gasteiger partial charge >= 0.3 is 0 Å². The highest BCUT2D eigenvalue weighted by atomic mass is 79.9. The number of aromatic nitrogens is 1. The first-order valence-corrected chi connectivity index (χ1v) is 3.55. The molecule has 0 saturated heterocycles. The zero-order chi connectivity index (χ0) is 7.72. The molecule has 0 unspecified atom stereocenters. The summed E-state index contributed by atoms with van der Waals surface area (Å²) in [4.78, 5) is 10.8. The average Bonchev–Trinajstić information content (AvgIpc) is 2.11. The second kappa shape index (κ2) is 2.54. The van der Waals surface area contributed by atoms with Crippen molar-refractivity contribution in [2.24, 2.45) is 0 Å². The van der Waals surface area contributed by atoms with Crippen LogP contribution in [0.2, 0.25) is 0 Å². The molecule has 0 aliphatic carbocycles. The van der Waals surface area contributed by atoms with E-state index < -0.39 is 0 Å². The van der Waals surface area contributed by atoms with Crippen LogP contribution in [-0.2, 0) is 0 Å². The monoisotopic (exact) mass is 203 g/mol. The SMILES string of the molecule is CC(=O)c1c(Br)noc1C. The Balaban J connectivity index is 3.23. The van der Waals surface area contributed by atoms with E-state index in [0.29, 0.717) is 15.9 Å². The second-order valence-corrected chi connectivity index (χ2v) is 2.71. The normalized spacial score (nSPS) is 9.90. The maximum atomic E-state index is 10.8. The highest BCUT2D eigenvalue weighted by molar-refractivity contribution is 9.10. The van der Waals surface area contributed by atoms with Gasteiger partial charge in [0.05, 0.1) is 5.56 Å². The Morgan fingerprint density at radius 1 is 1.70 bits per heavy atom. The summed E-state index contributed by atoms with van der Waals surface area (Å²) in [5.41, 5.74) is 0.528. The third kappa shape index (κ3) is 1.11. The van der Waals surface area contributed by atoms with Crippen LogP contribution in [0.3, 0.4) is 0 Å². The first kappa shape index (κ1) is 7.47. The fourth-order valence-corrected chi connectivity index (χ4v) is 1.37. The molecule has 3 nitrogen and oxygen atoms in total. The zero-order valence-electron chi connectivity index (χ0n) is 5.64. The summed E-state index contributed by atoms with van der Waals surface area (Å²) in [6, 6.07) is 0. The van der Waals surface area contributed by atoms with Gasteiger partial charge in [-0.25, -0.2) is 0 Å². The number of rotatable bonds is 1. The number of aryl methyl sites for hydroxylation is 1. The number of halogens is 1. The van der Waals surface area contributed by atoms with Crippen molar-refractivity contribution in [3.8, 4) is 0 Å². The van der Waals surface area contributed by atoms with Crippen molar-refractivity contribution >= 4 is 21.7 Å². The van der Waals surface area contributed by atoms with Gasteiger partial charge in [-0.1, -0.05) is 5.16 Å². The number of carbonyl (C=O) groups excluding carboxylic acids is 1. The van der Waals surface area contributed by atoms with Gasteiger partial charge < -0.3 is 4.52 Å². The quantitative estimate of drug-likeness (QED) is 0.656. The molecule has 0 aromatic carbocycles. The molecule has 1 heterocycles. The van der Waals surface area contributed by atoms with Crippen molar-refractivity contribution in [2.45, 2.75) is 13.8 Å². The van der Waals surface area contributed by atoms with Crippen LogP contribution in [0, 0.1) is 6.92 Å². The molecule has 0 radical (unpaired) electrons. The predicted molar refractivity (Wildman–Crippen MR) is 38.9 cm³/mol. The van der Waals surface area contributed by atoms with Crippen LogP contribution in [0.5, 0.6) is 0 Å². The molecule has 10 heavy (non-hydrogen) atoms. The van der Waals surface area contributed by atoms with E-state index in [2.05, 4.69) is 21.1 Å². The van der Waals surface area contributed by atoms with E-state index in [9.17, 15) is 4.79 Å². The van der Waals surface area contributed by atoms with Crippen LogP contribution < -0.4 is 0 Å². The van der Waals surface area contributed by atoms with Crippen molar-refractivity contribution in [1.29, 1.82) is 0 Å². The number of ketones is 1. The minimum absolute atomic E-state index is 0.0365. The molecule has 0 atom stereocenters. The lowest BCUT2D eigenvalue weighted by Gasteiger charge is -1.86. The molecule has 0 spiro atoms. The van der Waals surface area contributed by atoms with Gasteiger partial charge in [-0.15, -0.1) is 0 Å². The highest BCUT2D eigenvalue weighted by Gasteiger charge is 2.13. The fourth-order valence-electron chi connectivity index (χ4n) is 0.738. The van der Waals surface area contributed by atoms with Gasteiger partial charge in [-0.3, -0.25) is 4.79 Å². The molecule has 1 aromatic rings. The molecule has 54 valence electrons. The topological polar surface area (TPSA) is 43.1 Å². The van der Waals surface area contributed by atoms with Crippen molar-refractivity contribution in [3.05, 3.63) is 15.9 Å². The number of hydrogen-bond acceptors (Lipinski definition) is 3. The predicted octanol–water partition coefficient (Wildman–Crippen LogP) is 1.95. The zero-order valence-corrected chi connectivity index (χ0v) is 7.23. The van der Waals surface area contributed by atoms with Crippen LogP contribution in [-0.4, -0.2) is 10.9 Å². The second-order valence-electron chi connectivity index (χ2n) is 1.96. The van der Waals surface area contributed by atoms with E-state index >= 15 is 0 Å². The molecule has 0 aliphatic heterocycles.